The van der Waals surface area contributed by atoms with Gasteiger partial charge >= 0.3 is 0 Å². The van der Waals surface area contributed by atoms with Gasteiger partial charge in [-0.05, 0) is 48.6 Å². The molecule has 0 aliphatic carbocycles. The number of thiophene rings is 1. The minimum atomic E-state index is -0.0920. The quantitative estimate of drug-likeness (QED) is 0.632. The second-order valence-corrected chi connectivity index (χ2v) is 6.68. The van der Waals surface area contributed by atoms with E-state index in [2.05, 4.69) is 22.4 Å². The van der Waals surface area contributed by atoms with E-state index >= 15 is 0 Å². The van der Waals surface area contributed by atoms with Crippen LogP contribution in [0.4, 0.5) is 5.69 Å². The monoisotopic (exact) mass is 371 g/mol. The van der Waals surface area contributed by atoms with Crippen LogP contribution >= 0.6 is 11.3 Å². The molecule has 0 aliphatic heterocycles. The molecule has 1 aromatic carbocycles. The summed E-state index contributed by atoms with van der Waals surface area (Å²) in [6.45, 7) is 4.69. The number of nitrogens with zero attached hydrogens (tertiary/aromatic N) is 2. The smallest absolute Gasteiger partial charge is 0.227 e. The van der Waals surface area contributed by atoms with Gasteiger partial charge in [0.05, 0.1) is 6.61 Å². The Morgan fingerprint density at radius 1 is 1.35 bits per heavy atom. The number of hydrogen-bond acceptors (Lipinski definition) is 6. The van der Waals surface area contributed by atoms with Crippen LogP contribution in [0.1, 0.15) is 31.2 Å². The topological polar surface area (TPSA) is 77.2 Å². The van der Waals surface area contributed by atoms with Gasteiger partial charge in [0.2, 0.25) is 17.6 Å². The first kappa shape index (κ1) is 18.1. The second kappa shape index (κ2) is 8.62. The molecule has 0 spiro atoms. The number of ether oxygens (including phenoxy) is 1. The molecule has 0 atom stereocenters. The zero-order valence-electron chi connectivity index (χ0n) is 14.8. The molecule has 0 unspecified atom stereocenters. The number of amides is 1. The summed E-state index contributed by atoms with van der Waals surface area (Å²) in [6, 6.07) is 7.59. The van der Waals surface area contributed by atoms with Gasteiger partial charge < -0.3 is 14.6 Å². The molecule has 1 N–H and O–H groups in total. The van der Waals surface area contributed by atoms with Crippen molar-refractivity contribution in [2.45, 2.75) is 33.1 Å². The summed E-state index contributed by atoms with van der Waals surface area (Å²) >= 11 is 1.57. The minimum Gasteiger partial charge on any atom is -0.494 e. The van der Waals surface area contributed by atoms with Crippen LogP contribution in [0.3, 0.4) is 0 Å². The summed E-state index contributed by atoms with van der Waals surface area (Å²) in [5.74, 6) is 1.74. The third-order valence-electron chi connectivity index (χ3n) is 3.76. The van der Waals surface area contributed by atoms with Gasteiger partial charge in [0.25, 0.3) is 0 Å². The van der Waals surface area contributed by atoms with E-state index in [9.17, 15) is 4.79 Å². The number of hydrogen-bond donors (Lipinski definition) is 1. The lowest BCUT2D eigenvalue weighted by Gasteiger charge is -2.10. The van der Waals surface area contributed by atoms with E-state index in [4.69, 9.17) is 9.26 Å². The van der Waals surface area contributed by atoms with Crippen molar-refractivity contribution < 1.29 is 14.1 Å². The predicted octanol–water partition coefficient (Wildman–Crippen LogP) is 4.47. The van der Waals surface area contributed by atoms with Crippen molar-refractivity contribution in [3.63, 3.8) is 0 Å². The fourth-order valence-corrected chi connectivity index (χ4v) is 3.02. The molecule has 7 heteroatoms. The first-order valence-electron chi connectivity index (χ1n) is 8.54. The van der Waals surface area contributed by atoms with Crippen LogP contribution in [0.15, 0.2) is 39.5 Å². The number of carbonyl (C=O) groups is 1. The van der Waals surface area contributed by atoms with E-state index in [-0.39, 0.29) is 12.3 Å². The van der Waals surface area contributed by atoms with Gasteiger partial charge in [0.1, 0.15) is 5.75 Å². The Labute approximate surface area is 156 Å². The van der Waals surface area contributed by atoms with E-state index in [1.165, 1.54) is 0 Å². The fraction of sp³-hybridized carbons (Fsp3) is 0.316. The molecular weight excluding hydrogens is 350 g/mol. The minimum absolute atomic E-state index is 0.0920. The van der Waals surface area contributed by atoms with Gasteiger partial charge in [-0.1, -0.05) is 12.1 Å². The van der Waals surface area contributed by atoms with E-state index in [0.29, 0.717) is 24.7 Å². The third-order valence-corrected chi connectivity index (χ3v) is 4.44. The highest BCUT2D eigenvalue weighted by Gasteiger charge is 2.12. The van der Waals surface area contributed by atoms with Crippen molar-refractivity contribution in [3.05, 3.63) is 46.5 Å². The maximum absolute atomic E-state index is 12.2. The standard InChI is InChI=1S/C19H21N3O3S/c1-3-9-24-15-4-5-16(13(2)11-15)20-17(23)6-7-18-21-19(22-25-18)14-8-10-26-12-14/h4-5,8,10-12H,3,6-7,9H2,1-2H3,(H,20,23). The Hall–Kier alpha value is -2.67. The number of benzene rings is 1. The average Bonchev–Trinajstić information content (AvgIpc) is 3.31. The molecule has 3 aromatic rings. The maximum atomic E-state index is 12.2. The lowest BCUT2D eigenvalue weighted by molar-refractivity contribution is -0.116. The summed E-state index contributed by atoms with van der Waals surface area (Å²) in [6.07, 6.45) is 1.64. The summed E-state index contributed by atoms with van der Waals surface area (Å²) in [4.78, 5) is 16.5. The van der Waals surface area contributed by atoms with Crippen LogP contribution < -0.4 is 10.1 Å². The zero-order valence-corrected chi connectivity index (χ0v) is 15.6. The van der Waals surface area contributed by atoms with E-state index in [1.807, 2.05) is 41.9 Å². The van der Waals surface area contributed by atoms with E-state index in [1.54, 1.807) is 11.3 Å². The Morgan fingerprint density at radius 3 is 2.96 bits per heavy atom. The summed E-state index contributed by atoms with van der Waals surface area (Å²) < 4.78 is 10.8. The molecule has 0 saturated carbocycles. The zero-order chi connectivity index (χ0) is 18.4. The molecular formula is C19H21N3O3S. The SMILES string of the molecule is CCCOc1ccc(NC(=O)CCc2nc(-c3ccsc3)no2)c(C)c1. The van der Waals surface area contributed by atoms with Crippen molar-refractivity contribution in [1.29, 1.82) is 0 Å². The Kier molecular flexibility index (Phi) is 6.01. The molecule has 0 radical (unpaired) electrons. The first-order valence-corrected chi connectivity index (χ1v) is 9.48. The number of nitrogens with one attached hydrogen (secondary N) is 1. The highest BCUT2D eigenvalue weighted by molar-refractivity contribution is 7.08. The van der Waals surface area contributed by atoms with Crippen molar-refractivity contribution >= 4 is 22.9 Å². The van der Waals surface area contributed by atoms with Gasteiger partial charge in [-0.3, -0.25) is 4.79 Å². The van der Waals surface area contributed by atoms with Gasteiger partial charge in [-0.2, -0.15) is 16.3 Å². The molecule has 1 amide bonds. The Bertz CT molecular complexity index is 859. The lowest BCUT2D eigenvalue weighted by atomic mass is 10.2. The third kappa shape index (κ3) is 4.70. The molecule has 0 bridgehead atoms. The molecule has 2 aromatic heterocycles. The number of carbonyl (C=O) groups excluding carboxylic acids is 1. The van der Waals surface area contributed by atoms with Crippen LogP contribution in [-0.2, 0) is 11.2 Å². The Morgan fingerprint density at radius 2 is 2.23 bits per heavy atom. The normalized spacial score (nSPS) is 10.7. The predicted molar refractivity (Wildman–Crippen MR) is 102 cm³/mol. The van der Waals surface area contributed by atoms with Crippen LogP contribution in [0.5, 0.6) is 5.75 Å². The van der Waals surface area contributed by atoms with Crippen molar-refractivity contribution in [3.8, 4) is 17.1 Å². The lowest BCUT2D eigenvalue weighted by Crippen LogP contribution is -2.13. The maximum Gasteiger partial charge on any atom is 0.227 e. The molecule has 136 valence electrons. The van der Waals surface area contributed by atoms with Crippen LogP contribution in [-0.4, -0.2) is 22.7 Å². The average molecular weight is 371 g/mol. The number of aromatic nitrogens is 2. The largest absolute Gasteiger partial charge is 0.494 e. The molecule has 6 nitrogen and oxygen atoms in total. The molecule has 0 fully saturated rings. The van der Waals surface area contributed by atoms with E-state index in [0.717, 1.165) is 29.0 Å². The first-order chi connectivity index (χ1) is 12.7. The molecule has 26 heavy (non-hydrogen) atoms. The van der Waals surface area contributed by atoms with Gasteiger partial charge in [0.15, 0.2) is 0 Å². The number of anilines is 1. The van der Waals surface area contributed by atoms with Gasteiger partial charge in [0, 0.05) is 29.5 Å². The highest BCUT2D eigenvalue weighted by atomic mass is 32.1. The summed E-state index contributed by atoms with van der Waals surface area (Å²) in [7, 11) is 0. The molecule has 0 aliphatic rings. The summed E-state index contributed by atoms with van der Waals surface area (Å²) in [5, 5.41) is 10.8. The van der Waals surface area contributed by atoms with Crippen molar-refractivity contribution in [1.82, 2.24) is 10.1 Å². The molecule has 2 heterocycles. The second-order valence-electron chi connectivity index (χ2n) is 5.90. The summed E-state index contributed by atoms with van der Waals surface area (Å²) in [5.41, 5.74) is 2.67. The van der Waals surface area contributed by atoms with Crippen molar-refractivity contribution in [2.24, 2.45) is 0 Å². The fourth-order valence-electron chi connectivity index (χ4n) is 2.38. The van der Waals surface area contributed by atoms with Crippen LogP contribution in [0, 0.1) is 6.92 Å². The Balaban J connectivity index is 1.53. The van der Waals surface area contributed by atoms with Gasteiger partial charge in [-0.25, -0.2) is 0 Å². The number of aryl methyl sites for hydroxylation is 2. The van der Waals surface area contributed by atoms with Crippen LogP contribution in [0.2, 0.25) is 0 Å². The van der Waals surface area contributed by atoms with Crippen molar-refractivity contribution in [2.75, 3.05) is 11.9 Å². The molecule has 0 saturated heterocycles. The number of rotatable bonds is 8. The van der Waals surface area contributed by atoms with Gasteiger partial charge in [-0.15, -0.1) is 0 Å². The van der Waals surface area contributed by atoms with Crippen LogP contribution in [0.25, 0.3) is 11.4 Å². The molecule has 3 rings (SSSR count). The van der Waals surface area contributed by atoms with E-state index < -0.39 is 0 Å². The highest BCUT2D eigenvalue weighted by Crippen LogP contribution is 2.22.